The maximum atomic E-state index is 11.9. The van der Waals surface area contributed by atoms with Crippen molar-refractivity contribution in [3.63, 3.8) is 0 Å². The van der Waals surface area contributed by atoms with E-state index in [1.807, 2.05) is 0 Å². The number of halogens is 3. The van der Waals surface area contributed by atoms with Gasteiger partial charge in [-0.05, 0) is 6.07 Å². The molecule has 0 spiro atoms. The van der Waals surface area contributed by atoms with E-state index in [2.05, 4.69) is 4.98 Å². The van der Waals surface area contributed by atoms with Crippen LogP contribution in [0.5, 0.6) is 0 Å². The minimum atomic E-state index is -1.53. The third-order valence-corrected chi connectivity index (χ3v) is 0.800. The lowest BCUT2D eigenvalue weighted by molar-refractivity contribution is 0.427. The van der Waals surface area contributed by atoms with Crippen molar-refractivity contribution in [1.82, 2.24) is 4.98 Å². The van der Waals surface area contributed by atoms with Crippen LogP contribution in [0.4, 0.5) is 13.2 Å². The zero-order valence-electron chi connectivity index (χ0n) is 4.24. The Bertz CT molecular complexity index is 203. The topological polar surface area (TPSA) is 12.9 Å². The Morgan fingerprint density at radius 2 is 1.89 bits per heavy atom. The van der Waals surface area contributed by atoms with Crippen molar-refractivity contribution in [2.24, 2.45) is 0 Å². The summed E-state index contributed by atoms with van der Waals surface area (Å²) in [5.41, 5.74) is 0. The summed E-state index contributed by atoms with van der Waals surface area (Å²) in [6.07, 6.45) is 0.855. The monoisotopic (exact) mass is 133 g/mol. The van der Waals surface area contributed by atoms with E-state index in [-0.39, 0.29) is 0 Å². The Morgan fingerprint density at radius 3 is 2.33 bits per heavy atom. The first-order chi connectivity index (χ1) is 4.22. The first kappa shape index (κ1) is 6.07. The number of hydrogen-bond donors (Lipinski definition) is 0. The predicted molar refractivity (Wildman–Crippen MR) is 24.1 cm³/mol. The van der Waals surface area contributed by atoms with Crippen LogP contribution in [0.3, 0.4) is 0 Å². The molecule has 1 aromatic rings. The minimum absolute atomic E-state index is 0.748. The van der Waals surface area contributed by atoms with Gasteiger partial charge in [-0.25, -0.2) is 9.37 Å². The molecule has 1 heterocycles. The second-order valence-electron chi connectivity index (χ2n) is 1.40. The van der Waals surface area contributed by atoms with Gasteiger partial charge in [0.2, 0.25) is 5.82 Å². The Hall–Kier alpha value is -1.06. The van der Waals surface area contributed by atoms with Crippen LogP contribution in [0.15, 0.2) is 12.3 Å². The fraction of sp³-hybridized carbons (Fsp3) is 0. The van der Waals surface area contributed by atoms with Crippen LogP contribution < -0.4 is 0 Å². The van der Waals surface area contributed by atoms with Gasteiger partial charge in [-0.2, -0.15) is 8.78 Å². The normalized spacial score (nSPS) is 9.67. The Balaban J connectivity index is 3.25. The highest BCUT2D eigenvalue weighted by molar-refractivity contribution is 4.98. The molecule has 48 valence electrons. The van der Waals surface area contributed by atoms with Crippen molar-refractivity contribution >= 4 is 0 Å². The largest absolute Gasteiger partial charge is 0.251 e. The molecular formula is C5H2F3N. The molecule has 0 aliphatic carbocycles. The highest BCUT2D eigenvalue weighted by Crippen LogP contribution is 2.04. The van der Waals surface area contributed by atoms with E-state index < -0.39 is 17.6 Å². The molecule has 1 aromatic heterocycles. The third-order valence-electron chi connectivity index (χ3n) is 0.800. The van der Waals surface area contributed by atoms with Gasteiger partial charge in [-0.1, -0.05) is 0 Å². The van der Waals surface area contributed by atoms with Crippen molar-refractivity contribution in [1.29, 1.82) is 0 Å². The number of pyridine rings is 1. The van der Waals surface area contributed by atoms with Crippen LogP contribution >= 0.6 is 0 Å². The standard InChI is InChI=1S/C5H2F3N/c6-3-1-2-9-5(8)4(3)7/h1-2H. The highest BCUT2D eigenvalue weighted by atomic mass is 19.2. The number of aromatic nitrogens is 1. The fourth-order valence-electron chi connectivity index (χ4n) is 0.397. The lowest BCUT2D eigenvalue weighted by Gasteiger charge is -1.89. The molecule has 0 fully saturated rings. The van der Waals surface area contributed by atoms with Crippen LogP contribution in [-0.4, -0.2) is 4.98 Å². The first-order valence-electron chi connectivity index (χ1n) is 2.17. The molecule has 0 saturated heterocycles. The molecular weight excluding hydrogens is 131 g/mol. The number of hydrogen-bond acceptors (Lipinski definition) is 1. The van der Waals surface area contributed by atoms with Gasteiger partial charge >= 0.3 is 0 Å². The Morgan fingerprint density at radius 1 is 1.22 bits per heavy atom. The summed E-state index contributed by atoms with van der Waals surface area (Å²) in [6, 6.07) is 0.748. The minimum Gasteiger partial charge on any atom is -0.226 e. The molecule has 0 aliphatic rings. The molecule has 0 aromatic carbocycles. The summed E-state index contributed by atoms with van der Waals surface area (Å²) in [5.74, 6) is -4.16. The molecule has 0 radical (unpaired) electrons. The first-order valence-corrected chi connectivity index (χ1v) is 2.17. The summed E-state index contributed by atoms with van der Waals surface area (Å²) >= 11 is 0. The van der Waals surface area contributed by atoms with Crippen molar-refractivity contribution in [2.45, 2.75) is 0 Å². The lowest BCUT2D eigenvalue weighted by Crippen LogP contribution is -1.91. The highest BCUT2D eigenvalue weighted by Gasteiger charge is 2.06. The molecule has 0 aliphatic heterocycles. The van der Waals surface area contributed by atoms with Crippen molar-refractivity contribution in [3.05, 3.63) is 29.8 Å². The van der Waals surface area contributed by atoms with E-state index in [1.165, 1.54) is 0 Å². The zero-order valence-corrected chi connectivity index (χ0v) is 4.24. The second-order valence-corrected chi connectivity index (χ2v) is 1.40. The Labute approximate surface area is 49.1 Å². The molecule has 0 amide bonds. The van der Waals surface area contributed by atoms with Gasteiger partial charge in [-0.15, -0.1) is 0 Å². The van der Waals surface area contributed by atoms with Gasteiger partial charge in [0.1, 0.15) is 0 Å². The van der Waals surface area contributed by atoms with Crippen LogP contribution in [0.25, 0.3) is 0 Å². The van der Waals surface area contributed by atoms with Gasteiger partial charge in [-0.3, -0.25) is 0 Å². The summed E-state index contributed by atoms with van der Waals surface area (Å²) in [4.78, 5) is 2.86. The summed E-state index contributed by atoms with van der Waals surface area (Å²) in [5, 5.41) is 0. The van der Waals surface area contributed by atoms with Crippen molar-refractivity contribution in [2.75, 3.05) is 0 Å². The maximum Gasteiger partial charge on any atom is 0.251 e. The molecule has 0 N–H and O–H groups in total. The molecule has 0 unspecified atom stereocenters. The summed E-state index contributed by atoms with van der Waals surface area (Å²) in [6.45, 7) is 0. The average molecular weight is 133 g/mol. The van der Waals surface area contributed by atoms with E-state index in [4.69, 9.17) is 0 Å². The summed E-state index contributed by atoms with van der Waals surface area (Å²) < 4.78 is 35.7. The second kappa shape index (κ2) is 2.05. The van der Waals surface area contributed by atoms with E-state index in [9.17, 15) is 13.2 Å². The average Bonchev–Trinajstić information content (AvgIpc) is 1.83. The van der Waals surface area contributed by atoms with Crippen molar-refractivity contribution < 1.29 is 13.2 Å². The van der Waals surface area contributed by atoms with E-state index in [1.54, 1.807) is 0 Å². The molecule has 1 rings (SSSR count). The maximum absolute atomic E-state index is 11.9. The fourth-order valence-corrected chi connectivity index (χ4v) is 0.397. The Kier molecular flexibility index (Phi) is 1.38. The van der Waals surface area contributed by atoms with Gasteiger partial charge in [0, 0.05) is 6.20 Å². The molecule has 0 saturated carbocycles. The van der Waals surface area contributed by atoms with Crippen LogP contribution in [0, 0.1) is 17.6 Å². The van der Waals surface area contributed by atoms with Crippen molar-refractivity contribution in [3.8, 4) is 0 Å². The summed E-state index contributed by atoms with van der Waals surface area (Å²) in [7, 11) is 0. The van der Waals surface area contributed by atoms with Gasteiger partial charge in [0.25, 0.3) is 5.95 Å². The van der Waals surface area contributed by atoms with E-state index >= 15 is 0 Å². The van der Waals surface area contributed by atoms with Gasteiger partial charge in [0.15, 0.2) is 5.82 Å². The molecule has 0 atom stereocenters. The number of nitrogens with zero attached hydrogens (tertiary/aromatic N) is 1. The quantitative estimate of drug-likeness (QED) is 0.488. The molecule has 1 nitrogen and oxygen atoms in total. The smallest absolute Gasteiger partial charge is 0.226 e. The van der Waals surface area contributed by atoms with Crippen LogP contribution in [-0.2, 0) is 0 Å². The van der Waals surface area contributed by atoms with Gasteiger partial charge in [0.05, 0.1) is 0 Å². The predicted octanol–water partition coefficient (Wildman–Crippen LogP) is 1.50. The third kappa shape index (κ3) is 1.01. The van der Waals surface area contributed by atoms with Gasteiger partial charge < -0.3 is 0 Å². The number of rotatable bonds is 0. The van der Waals surface area contributed by atoms with Crippen LogP contribution in [0.1, 0.15) is 0 Å². The zero-order chi connectivity index (χ0) is 6.85. The molecule has 0 bridgehead atoms. The molecule has 9 heavy (non-hydrogen) atoms. The van der Waals surface area contributed by atoms with E-state index in [0.29, 0.717) is 0 Å². The SMILES string of the molecule is Fc1ccnc(F)c1F. The molecule has 4 heteroatoms. The van der Waals surface area contributed by atoms with E-state index in [0.717, 1.165) is 12.3 Å². The lowest BCUT2D eigenvalue weighted by atomic mass is 10.4. The van der Waals surface area contributed by atoms with Crippen LogP contribution in [0.2, 0.25) is 0 Å².